The molecular formula is C17H26N4O3. The first kappa shape index (κ1) is 16.8. The Hall–Kier alpha value is -2.02. The van der Waals surface area contributed by atoms with E-state index in [1.54, 1.807) is 25.1 Å². The summed E-state index contributed by atoms with van der Waals surface area (Å²) in [7, 11) is 3.54. The highest BCUT2D eigenvalue weighted by Gasteiger charge is 2.33. The Bertz CT molecular complexity index is 657. The summed E-state index contributed by atoms with van der Waals surface area (Å²) < 4.78 is 5.48. The van der Waals surface area contributed by atoms with Crippen molar-refractivity contribution in [3.05, 3.63) is 22.5 Å². The fraction of sp³-hybridized carbons (Fsp3) is 0.647. The van der Waals surface area contributed by atoms with Gasteiger partial charge in [-0.25, -0.2) is 0 Å². The zero-order valence-electron chi connectivity index (χ0n) is 14.6. The van der Waals surface area contributed by atoms with E-state index in [0.29, 0.717) is 13.2 Å². The summed E-state index contributed by atoms with van der Waals surface area (Å²) in [6.45, 7) is 4.96. The number of carbonyl (C=O) groups excluding carboxylic acids is 1. The van der Waals surface area contributed by atoms with Gasteiger partial charge in [0.15, 0.2) is 0 Å². The number of ether oxygens (including phenoxy) is 1. The highest BCUT2D eigenvalue weighted by atomic mass is 16.5. The standard InChI is InChI=1S/C17H26N4O3/c1-12-11-24-8-7-20(12)13-9-15(18-16(22)10-13)21-6-4-5-14(21)17(23)19(2)3/h9-10,12,14H,4-8,11H2,1-3H3,(H,18,22). The Labute approximate surface area is 142 Å². The highest BCUT2D eigenvalue weighted by molar-refractivity contribution is 5.85. The van der Waals surface area contributed by atoms with Crippen molar-refractivity contribution in [1.82, 2.24) is 9.88 Å². The van der Waals surface area contributed by atoms with Crippen LogP contribution in [0.25, 0.3) is 0 Å². The molecular weight excluding hydrogens is 308 g/mol. The molecule has 0 aliphatic carbocycles. The van der Waals surface area contributed by atoms with Gasteiger partial charge < -0.3 is 24.4 Å². The largest absolute Gasteiger partial charge is 0.377 e. The Morgan fingerprint density at radius 2 is 2.08 bits per heavy atom. The lowest BCUT2D eigenvalue weighted by molar-refractivity contribution is -0.129. The van der Waals surface area contributed by atoms with E-state index in [2.05, 4.69) is 16.8 Å². The summed E-state index contributed by atoms with van der Waals surface area (Å²) in [6, 6.07) is 3.65. The first-order chi connectivity index (χ1) is 11.5. The molecule has 2 unspecified atom stereocenters. The molecule has 3 heterocycles. The van der Waals surface area contributed by atoms with E-state index in [4.69, 9.17) is 4.74 Å². The van der Waals surface area contributed by atoms with Crippen LogP contribution in [0.4, 0.5) is 11.5 Å². The van der Waals surface area contributed by atoms with Crippen molar-refractivity contribution in [3.63, 3.8) is 0 Å². The van der Waals surface area contributed by atoms with Gasteiger partial charge in [-0.2, -0.15) is 0 Å². The maximum atomic E-state index is 12.4. The zero-order valence-corrected chi connectivity index (χ0v) is 14.6. The second-order valence-electron chi connectivity index (χ2n) is 6.79. The third-order valence-corrected chi connectivity index (χ3v) is 4.80. The van der Waals surface area contributed by atoms with Crippen LogP contribution in [0.5, 0.6) is 0 Å². The zero-order chi connectivity index (χ0) is 17.3. The number of nitrogens with one attached hydrogen (secondary N) is 1. The lowest BCUT2D eigenvalue weighted by Crippen LogP contribution is -2.45. The molecule has 0 radical (unpaired) electrons. The monoisotopic (exact) mass is 334 g/mol. The van der Waals surface area contributed by atoms with E-state index in [-0.39, 0.29) is 23.6 Å². The summed E-state index contributed by atoms with van der Waals surface area (Å²) in [5.74, 6) is 0.812. The van der Waals surface area contributed by atoms with Crippen LogP contribution >= 0.6 is 0 Å². The van der Waals surface area contributed by atoms with Crippen molar-refractivity contribution in [3.8, 4) is 0 Å². The Kier molecular flexibility index (Phi) is 4.80. The summed E-state index contributed by atoms with van der Waals surface area (Å²) >= 11 is 0. The molecule has 7 heteroatoms. The lowest BCUT2D eigenvalue weighted by atomic mass is 10.2. The minimum Gasteiger partial charge on any atom is -0.377 e. The Balaban J connectivity index is 1.91. The number of rotatable bonds is 3. The van der Waals surface area contributed by atoms with E-state index in [1.165, 1.54) is 0 Å². The smallest absolute Gasteiger partial charge is 0.251 e. The number of nitrogens with zero attached hydrogens (tertiary/aromatic N) is 3. The SMILES string of the molecule is CC1COCCN1c1cc(N2CCCC2C(=O)N(C)C)[nH]c(=O)c1. The van der Waals surface area contributed by atoms with Gasteiger partial charge in [-0.15, -0.1) is 0 Å². The normalized spacial score (nSPS) is 24.3. The van der Waals surface area contributed by atoms with Crippen molar-refractivity contribution in [1.29, 1.82) is 0 Å². The highest BCUT2D eigenvalue weighted by Crippen LogP contribution is 2.28. The van der Waals surface area contributed by atoms with E-state index >= 15 is 0 Å². The molecule has 1 N–H and O–H groups in total. The van der Waals surface area contributed by atoms with Gasteiger partial charge >= 0.3 is 0 Å². The van der Waals surface area contributed by atoms with E-state index < -0.39 is 0 Å². The number of aromatic amines is 1. The molecule has 2 fully saturated rings. The van der Waals surface area contributed by atoms with Crippen molar-refractivity contribution in [2.75, 3.05) is 50.2 Å². The molecule has 0 bridgehead atoms. The quantitative estimate of drug-likeness (QED) is 0.879. The first-order valence-electron chi connectivity index (χ1n) is 8.54. The van der Waals surface area contributed by atoms with E-state index in [1.807, 2.05) is 11.0 Å². The predicted octanol–water partition coefficient (Wildman–Crippen LogP) is 0.657. The summed E-state index contributed by atoms with van der Waals surface area (Å²) in [5, 5.41) is 0. The fourth-order valence-corrected chi connectivity index (χ4v) is 3.56. The van der Waals surface area contributed by atoms with Crippen LogP contribution in [0, 0.1) is 0 Å². The Morgan fingerprint density at radius 3 is 2.79 bits per heavy atom. The number of likely N-dealkylation sites (N-methyl/N-ethyl adjacent to an activating group) is 1. The van der Waals surface area contributed by atoms with Crippen molar-refractivity contribution < 1.29 is 9.53 Å². The first-order valence-corrected chi connectivity index (χ1v) is 8.54. The molecule has 1 amide bonds. The maximum Gasteiger partial charge on any atom is 0.251 e. The molecule has 132 valence electrons. The maximum absolute atomic E-state index is 12.4. The van der Waals surface area contributed by atoms with Crippen LogP contribution in [-0.4, -0.2) is 68.3 Å². The summed E-state index contributed by atoms with van der Waals surface area (Å²) in [5.41, 5.74) is 0.761. The number of hydrogen-bond donors (Lipinski definition) is 1. The van der Waals surface area contributed by atoms with Gasteiger partial charge in [0.1, 0.15) is 11.9 Å². The summed E-state index contributed by atoms with van der Waals surface area (Å²) in [6.07, 6.45) is 1.77. The van der Waals surface area contributed by atoms with Crippen molar-refractivity contribution in [2.24, 2.45) is 0 Å². The van der Waals surface area contributed by atoms with Gasteiger partial charge in [-0.05, 0) is 19.8 Å². The molecule has 2 aliphatic rings. The number of anilines is 2. The van der Waals surface area contributed by atoms with Gasteiger partial charge in [0, 0.05) is 51.0 Å². The molecule has 2 aliphatic heterocycles. The molecule has 1 aromatic rings. The molecule has 1 aromatic heterocycles. The van der Waals surface area contributed by atoms with Crippen LogP contribution in [-0.2, 0) is 9.53 Å². The average Bonchev–Trinajstić information content (AvgIpc) is 3.03. The third-order valence-electron chi connectivity index (χ3n) is 4.80. The number of hydrogen-bond acceptors (Lipinski definition) is 5. The molecule has 3 rings (SSSR count). The second-order valence-corrected chi connectivity index (χ2v) is 6.79. The molecule has 0 spiro atoms. The number of pyridine rings is 1. The van der Waals surface area contributed by atoms with Gasteiger partial charge in [-0.1, -0.05) is 0 Å². The topological polar surface area (TPSA) is 68.9 Å². The Morgan fingerprint density at radius 1 is 1.29 bits per heavy atom. The van der Waals surface area contributed by atoms with Crippen LogP contribution in [0.3, 0.4) is 0 Å². The third kappa shape index (κ3) is 3.26. The fourth-order valence-electron chi connectivity index (χ4n) is 3.56. The predicted molar refractivity (Wildman–Crippen MR) is 93.8 cm³/mol. The molecule has 0 aromatic carbocycles. The second kappa shape index (κ2) is 6.84. The minimum atomic E-state index is -0.201. The minimum absolute atomic E-state index is 0.0819. The van der Waals surface area contributed by atoms with Gasteiger partial charge in [0.25, 0.3) is 5.56 Å². The molecule has 24 heavy (non-hydrogen) atoms. The lowest BCUT2D eigenvalue weighted by Gasteiger charge is -2.36. The van der Waals surface area contributed by atoms with Crippen LogP contribution in [0.2, 0.25) is 0 Å². The number of morpholine rings is 1. The van der Waals surface area contributed by atoms with Crippen molar-refractivity contribution >= 4 is 17.4 Å². The van der Waals surface area contributed by atoms with Gasteiger partial charge in [-0.3, -0.25) is 9.59 Å². The van der Waals surface area contributed by atoms with Gasteiger partial charge in [0.05, 0.1) is 13.2 Å². The van der Waals surface area contributed by atoms with Crippen molar-refractivity contribution in [2.45, 2.75) is 31.8 Å². The molecule has 7 nitrogen and oxygen atoms in total. The van der Waals surface area contributed by atoms with Gasteiger partial charge in [0.2, 0.25) is 5.91 Å². The summed E-state index contributed by atoms with van der Waals surface area (Å²) in [4.78, 5) is 33.4. The number of H-pyrrole nitrogens is 1. The van der Waals surface area contributed by atoms with Crippen LogP contribution < -0.4 is 15.4 Å². The van der Waals surface area contributed by atoms with Crippen LogP contribution in [0.15, 0.2) is 16.9 Å². The molecule has 2 saturated heterocycles. The number of amides is 1. The number of carbonyl (C=O) groups is 1. The van der Waals surface area contributed by atoms with Crippen LogP contribution in [0.1, 0.15) is 19.8 Å². The number of aromatic nitrogens is 1. The average molecular weight is 334 g/mol. The van der Waals surface area contributed by atoms with E-state index in [0.717, 1.165) is 37.4 Å². The molecule has 0 saturated carbocycles. The molecule has 2 atom stereocenters. The van der Waals surface area contributed by atoms with E-state index in [9.17, 15) is 9.59 Å².